The highest BCUT2D eigenvalue weighted by Crippen LogP contribution is 2.22. The lowest BCUT2D eigenvalue weighted by Crippen LogP contribution is -2.48. The first-order valence-corrected chi connectivity index (χ1v) is 5.71. The summed E-state index contributed by atoms with van der Waals surface area (Å²) < 4.78 is 5.68. The van der Waals surface area contributed by atoms with Gasteiger partial charge in [-0.05, 0) is 20.8 Å². The van der Waals surface area contributed by atoms with Crippen molar-refractivity contribution < 1.29 is 4.74 Å². The van der Waals surface area contributed by atoms with E-state index >= 15 is 0 Å². The maximum atomic E-state index is 5.68. The molecule has 0 atom stereocenters. The van der Waals surface area contributed by atoms with Crippen LogP contribution in [0.25, 0.3) is 0 Å². The van der Waals surface area contributed by atoms with Gasteiger partial charge in [-0.25, -0.2) is 15.8 Å². The summed E-state index contributed by atoms with van der Waals surface area (Å²) in [6.45, 7) is 8.37. The SMILES string of the molecule is Cc1nc(NN)cc(N2CCOC(C)(C)C2)n1. The Morgan fingerprint density at radius 1 is 1.47 bits per heavy atom. The van der Waals surface area contributed by atoms with Crippen molar-refractivity contribution in [2.75, 3.05) is 30.0 Å². The minimum atomic E-state index is -0.145. The highest BCUT2D eigenvalue weighted by molar-refractivity contribution is 5.49. The minimum Gasteiger partial charge on any atom is -0.372 e. The molecule has 3 N–H and O–H groups in total. The van der Waals surface area contributed by atoms with Crippen LogP contribution in [0.2, 0.25) is 0 Å². The molecule has 2 heterocycles. The number of nitrogens with one attached hydrogen (secondary N) is 1. The highest BCUT2D eigenvalue weighted by Gasteiger charge is 2.28. The number of hydrogen-bond donors (Lipinski definition) is 2. The Bertz CT molecular complexity index is 407. The van der Waals surface area contributed by atoms with Crippen LogP contribution in [0.15, 0.2) is 6.07 Å². The Balaban J connectivity index is 2.24. The first kappa shape index (κ1) is 12.1. The number of ether oxygens (including phenoxy) is 1. The molecule has 0 bridgehead atoms. The van der Waals surface area contributed by atoms with E-state index in [9.17, 15) is 0 Å². The summed E-state index contributed by atoms with van der Waals surface area (Å²) in [4.78, 5) is 10.8. The second kappa shape index (κ2) is 4.46. The smallest absolute Gasteiger partial charge is 0.145 e. The standard InChI is InChI=1S/C11H19N5O/c1-8-13-9(15-12)6-10(14-8)16-4-5-17-11(2,3)7-16/h6H,4-5,7,12H2,1-3H3,(H,13,14,15). The molecule has 2 rings (SSSR count). The molecule has 1 fully saturated rings. The van der Waals surface area contributed by atoms with E-state index in [4.69, 9.17) is 10.6 Å². The fraction of sp³-hybridized carbons (Fsp3) is 0.636. The van der Waals surface area contributed by atoms with Crippen molar-refractivity contribution in [1.29, 1.82) is 0 Å². The van der Waals surface area contributed by atoms with Crippen molar-refractivity contribution in [3.63, 3.8) is 0 Å². The van der Waals surface area contributed by atoms with E-state index in [0.717, 1.165) is 18.9 Å². The molecule has 0 radical (unpaired) electrons. The third-order valence-corrected chi connectivity index (χ3v) is 2.72. The molecule has 0 aromatic carbocycles. The number of hydrazine groups is 1. The summed E-state index contributed by atoms with van der Waals surface area (Å²) in [5, 5.41) is 0. The Morgan fingerprint density at radius 3 is 2.88 bits per heavy atom. The molecule has 1 aliphatic rings. The van der Waals surface area contributed by atoms with Crippen molar-refractivity contribution in [2.45, 2.75) is 26.4 Å². The Kier molecular flexibility index (Phi) is 3.17. The predicted octanol–water partition coefficient (Wildman–Crippen LogP) is 0.686. The molecular formula is C11H19N5O. The van der Waals surface area contributed by atoms with Gasteiger partial charge in [0.2, 0.25) is 0 Å². The van der Waals surface area contributed by atoms with Crippen LogP contribution in [-0.2, 0) is 4.74 Å². The third kappa shape index (κ3) is 2.83. The van der Waals surface area contributed by atoms with Gasteiger partial charge in [-0.15, -0.1) is 0 Å². The molecule has 17 heavy (non-hydrogen) atoms. The van der Waals surface area contributed by atoms with Crippen LogP contribution in [0.4, 0.5) is 11.6 Å². The predicted molar refractivity (Wildman–Crippen MR) is 66.8 cm³/mol. The average molecular weight is 237 g/mol. The number of morpholine rings is 1. The van der Waals surface area contributed by atoms with Gasteiger partial charge in [0.15, 0.2) is 0 Å². The fourth-order valence-electron chi connectivity index (χ4n) is 2.00. The van der Waals surface area contributed by atoms with Crippen LogP contribution in [0.3, 0.4) is 0 Å². The molecule has 1 aromatic heterocycles. The maximum absolute atomic E-state index is 5.68. The van der Waals surface area contributed by atoms with E-state index in [0.29, 0.717) is 18.2 Å². The Morgan fingerprint density at radius 2 is 2.24 bits per heavy atom. The summed E-state index contributed by atoms with van der Waals surface area (Å²) in [5.41, 5.74) is 2.41. The largest absolute Gasteiger partial charge is 0.372 e. The van der Waals surface area contributed by atoms with Crippen LogP contribution in [0, 0.1) is 6.92 Å². The number of hydrogen-bond acceptors (Lipinski definition) is 6. The first-order chi connectivity index (χ1) is 8.00. The van der Waals surface area contributed by atoms with Crippen molar-refractivity contribution in [3.8, 4) is 0 Å². The normalized spacial score (nSPS) is 19.2. The molecule has 6 heteroatoms. The van der Waals surface area contributed by atoms with Gasteiger partial charge in [0.1, 0.15) is 17.5 Å². The van der Waals surface area contributed by atoms with E-state index in [-0.39, 0.29) is 5.60 Å². The van der Waals surface area contributed by atoms with Crippen LogP contribution in [-0.4, -0.2) is 35.3 Å². The molecule has 0 amide bonds. The molecule has 1 saturated heterocycles. The number of aryl methyl sites for hydroxylation is 1. The number of nitrogens with zero attached hydrogens (tertiary/aromatic N) is 3. The number of nitrogens with two attached hydrogens (primary N) is 1. The molecule has 0 aliphatic carbocycles. The van der Waals surface area contributed by atoms with Gasteiger partial charge in [-0.1, -0.05) is 0 Å². The Hall–Kier alpha value is -1.40. The van der Waals surface area contributed by atoms with Gasteiger partial charge < -0.3 is 15.1 Å². The lowest BCUT2D eigenvalue weighted by atomic mass is 10.1. The van der Waals surface area contributed by atoms with Crippen LogP contribution in [0.1, 0.15) is 19.7 Å². The molecular weight excluding hydrogens is 218 g/mol. The number of aromatic nitrogens is 2. The van der Waals surface area contributed by atoms with Gasteiger partial charge in [-0.3, -0.25) is 0 Å². The van der Waals surface area contributed by atoms with E-state index in [1.165, 1.54) is 0 Å². The van der Waals surface area contributed by atoms with Crippen LogP contribution >= 0.6 is 0 Å². The molecule has 6 nitrogen and oxygen atoms in total. The molecule has 1 aromatic rings. The molecule has 94 valence electrons. The van der Waals surface area contributed by atoms with Crippen molar-refractivity contribution >= 4 is 11.6 Å². The van der Waals surface area contributed by atoms with Gasteiger partial charge in [0.05, 0.1) is 12.2 Å². The van der Waals surface area contributed by atoms with Gasteiger partial charge in [0.25, 0.3) is 0 Å². The third-order valence-electron chi connectivity index (χ3n) is 2.72. The zero-order chi connectivity index (χ0) is 12.5. The van der Waals surface area contributed by atoms with Crippen LogP contribution < -0.4 is 16.2 Å². The van der Waals surface area contributed by atoms with E-state index in [1.807, 2.05) is 13.0 Å². The number of rotatable bonds is 2. The minimum absolute atomic E-state index is 0.145. The Labute approximate surface area is 101 Å². The quantitative estimate of drug-likeness (QED) is 0.582. The van der Waals surface area contributed by atoms with Crippen molar-refractivity contribution in [1.82, 2.24) is 9.97 Å². The van der Waals surface area contributed by atoms with E-state index < -0.39 is 0 Å². The molecule has 0 unspecified atom stereocenters. The van der Waals surface area contributed by atoms with E-state index in [2.05, 4.69) is 34.1 Å². The zero-order valence-electron chi connectivity index (χ0n) is 10.5. The monoisotopic (exact) mass is 237 g/mol. The molecule has 1 aliphatic heterocycles. The topological polar surface area (TPSA) is 76.3 Å². The highest BCUT2D eigenvalue weighted by atomic mass is 16.5. The lowest BCUT2D eigenvalue weighted by molar-refractivity contribution is -0.0279. The van der Waals surface area contributed by atoms with Gasteiger partial charge >= 0.3 is 0 Å². The summed E-state index contributed by atoms with van der Waals surface area (Å²) >= 11 is 0. The summed E-state index contributed by atoms with van der Waals surface area (Å²) in [6.07, 6.45) is 0. The average Bonchev–Trinajstić information content (AvgIpc) is 2.27. The number of anilines is 2. The summed E-state index contributed by atoms with van der Waals surface area (Å²) in [6, 6.07) is 1.86. The van der Waals surface area contributed by atoms with Crippen LogP contribution in [0.5, 0.6) is 0 Å². The summed E-state index contributed by atoms with van der Waals surface area (Å²) in [5.74, 6) is 7.62. The maximum Gasteiger partial charge on any atom is 0.145 e. The number of nitrogen functional groups attached to an aromatic ring is 1. The van der Waals surface area contributed by atoms with Gasteiger partial charge in [0, 0.05) is 19.2 Å². The summed E-state index contributed by atoms with van der Waals surface area (Å²) in [7, 11) is 0. The van der Waals surface area contributed by atoms with Crippen molar-refractivity contribution in [3.05, 3.63) is 11.9 Å². The fourth-order valence-corrected chi connectivity index (χ4v) is 2.00. The first-order valence-electron chi connectivity index (χ1n) is 5.71. The zero-order valence-corrected chi connectivity index (χ0v) is 10.5. The lowest BCUT2D eigenvalue weighted by Gasteiger charge is -2.38. The molecule has 0 saturated carbocycles. The van der Waals surface area contributed by atoms with E-state index in [1.54, 1.807) is 0 Å². The second-order valence-corrected chi connectivity index (χ2v) is 4.83. The molecule has 0 spiro atoms. The van der Waals surface area contributed by atoms with Gasteiger partial charge in [-0.2, -0.15) is 0 Å². The second-order valence-electron chi connectivity index (χ2n) is 4.83. The van der Waals surface area contributed by atoms with Crippen molar-refractivity contribution in [2.24, 2.45) is 5.84 Å².